The van der Waals surface area contributed by atoms with E-state index in [0.717, 1.165) is 0 Å². The minimum absolute atomic E-state index is 0.306. The van der Waals surface area contributed by atoms with Crippen LogP contribution in [0.2, 0.25) is 0 Å². The largest absolute Gasteiger partial charge is 0.438 e. The normalized spacial score (nSPS) is 9.00. The van der Waals surface area contributed by atoms with E-state index in [0.29, 0.717) is 18.9 Å². The molecule has 0 bridgehead atoms. The number of rotatable bonds is 4. The molecule has 0 aliphatic carbocycles. The Kier molecular flexibility index (Phi) is 6.42. The van der Waals surface area contributed by atoms with E-state index in [1.54, 1.807) is 6.92 Å². The van der Waals surface area contributed by atoms with Gasteiger partial charge in [-0.1, -0.05) is 0 Å². The van der Waals surface area contributed by atoms with Crippen molar-refractivity contribution in [2.24, 2.45) is 0 Å². The van der Waals surface area contributed by atoms with Crippen LogP contribution in [0, 0.1) is 0 Å². The van der Waals surface area contributed by atoms with E-state index in [2.05, 4.69) is 27.7 Å². The first-order valence-electron chi connectivity index (χ1n) is 2.99. The molecule has 1 N–H and O–H groups in total. The van der Waals surface area contributed by atoms with Gasteiger partial charge in [-0.15, -0.1) is 0 Å². The van der Waals surface area contributed by atoms with Gasteiger partial charge in [-0.2, -0.15) is 17.5 Å². The molecule has 0 unspecified atom stereocenters. The first-order chi connectivity index (χ1) is 4.81. The van der Waals surface area contributed by atoms with Crippen LogP contribution in [0.1, 0.15) is 6.92 Å². The van der Waals surface area contributed by atoms with Crippen molar-refractivity contribution in [2.45, 2.75) is 6.92 Å². The maximum Gasteiger partial charge on any atom is 0.438 e. The van der Waals surface area contributed by atoms with Gasteiger partial charge in [0, 0.05) is 12.3 Å². The van der Waals surface area contributed by atoms with Gasteiger partial charge in [0.05, 0.1) is 0 Å². The smallest absolute Gasteiger partial charge is 0.319 e. The SMILES string of the molecule is CCNC(=O)OOCCS. The number of nitrogens with one attached hydrogen (secondary N) is 1. The predicted molar refractivity (Wildman–Crippen MR) is 40.0 cm³/mol. The molecule has 0 aromatic carbocycles. The molecule has 0 fully saturated rings. The molecule has 0 atom stereocenters. The summed E-state index contributed by atoms with van der Waals surface area (Å²) in [5, 5.41) is 2.39. The third-order valence-corrected chi connectivity index (χ3v) is 0.813. The van der Waals surface area contributed by atoms with Gasteiger partial charge >= 0.3 is 6.09 Å². The van der Waals surface area contributed by atoms with Gasteiger partial charge in [0.2, 0.25) is 0 Å². The summed E-state index contributed by atoms with van der Waals surface area (Å²) in [6.07, 6.45) is -0.565. The monoisotopic (exact) mass is 165 g/mol. The predicted octanol–water partition coefficient (Wildman–Crippen LogP) is 0.594. The second-order valence-corrected chi connectivity index (χ2v) is 1.89. The van der Waals surface area contributed by atoms with Crippen molar-refractivity contribution >= 4 is 18.7 Å². The minimum atomic E-state index is -0.565. The average molecular weight is 165 g/mol. The van der Waals surface area contributed by atoms with Crippen LogP contribution >= 0.6 is 12.6 Å². The van der Waals surface area contributed by atoms with Crippen LogP contribution in [-0.2, 0) is 9.78 Å². The molecule has 0 aliphatic heterocycles. The van der Waals surface area contributed by atoms with E-state index in [-0.39, 0.29) is 0 Å². The summed E-state index contributed by atoms with van der Waals surface area (Å²) in [5.41, 5.74) is 0. The molecule has 0 heterocycles. The second-order valence-electron chi connectivity index (χ2n) is 1.45. The van der Waals surface area contributed by atoms with E-state index in [1.165, 1.54) is 0 Å². The highest BCUT2D eigenvalue weighted by Crippen LogP contribution is 1.81. The van der Waals surface area contributed by atoms with E-state index >= 15 is 0 Å². The summed E-state index contributed by atoms with van der Waals surface area (Å²) in [6.45, 7) is 2.63. The Morgan fingerprint density at radius 3 is 2.90 bits per heavy atom. The molecule has 5 heteroatoms. The van der Waals surface area contributed by atoms with Gasteiger partial charge in [0.1, 0.15) is 6.61 Å². The third kappa shape index (κ3) is 5.71. The Balaban J connectivity index is 3.05. The van der Waals surface area contributed by atoms with Gasteiger partial charge in [0.25, 0.3) is 0 Å². The van der Waals surface area contributed by atoms with Crippen molar-refractivity contribution in [2.75, 3.05) is 18.9 Å². The fourth-order valence-corrected chi connectivity index (χ4v) is 0.381. The third-order valence-electron chi connectivity index (χ3n) is 0.630. The highest BCUT2D eigenvalue weighted by atomic mass is 32.1. The molecule has 1 amide bonds. The molecular formula is C5H11NO3S. The zero-order valence-corrected chi connectivity index (χ0v) is 6.69. The Labute approximate surface area is 65.2 Å². The van der Waals surface area contributed by atoms with Gasteiger partial charge < -0.3 is 5.32 Å². The average Bonchev–Trinajstić information content (AvgIpc) is 1.89. The lowest BCUT2D eigenvalue weighted by Gasteiger charge is -2.00. The van der Waals surface area contributed by atoms with Crippen LogP contribution in [0.15, 0.2) is 0 Å². The summed E-state index contributed by atoms with van der Waals surface area (Å²) in [6, 6.07) is 0. The number of carbonyl (C=O) groups is 1. The van der Waals surface area contributed by atoms with Crippen molar-refractivity contribution in [1.82, 2.24) is 5.32 Å². The summed E-state index contributed by atoms with van der Waals surface area (Å²) < 4.78 is 0. The highest BCUT2D eigenvalue weighted by molar-refractivity contribution is 7.80. The summed E-state index contributed by atoms with van der Waals surface area (Å²) in [4.78, 5) is 19.1. The number of hydrogen-bond acceptors (Lipinski definition) is 4. The standard InChI is InChI=1S/C5H11NO3S/c1-2-6-5(7)9-8-3-4-10/h10H,2-4H2,1H3,(H,6,7). The summed E-state index contributed by atoms with van der Waals surface area (Å²) >= 11 is 3.84. The molecule has 0 rings (SSSR count). The lowest BCUT2D eigenvalue weighted by molar-refractivity contribution is -0.233. The zero-order chi connectivity index (χ0) is 7.82. The fraction of sp³-hybridized carbons (Fsp3) is 0.800. The number of amides is 1. The lowest BCUT2D eigenvalue weighted by Crippen LogP contribution is -2.24. The maximum atomic E-state index is 10.4. The fourth-order valence-electron chi connectivity index (χ4n) is 0.306. The molecule has 60 valence electrons. The first kappa shape index (κ1) is 9.58. The van der Waals surface area contributed by atoms with Crippen molar-refractivity contribution in [3.8, 4) is 0 Å². The van der Waals surface area contributed by atoms with Gasteiger partial charge in [-0.3, -0.25) is 4.89 Å². The van der Waals surface area contributed by atoms with Crippen molar-refractivity contribution < 1.29 is 14.6 Å². The van der Waals surface area contributed by atoms with E-state index in [4.69, 9.17) is 0 Å². The molecule has 4 nitrogen and oxygen atoms in total. The Hall–Kier alpha value is -0.420. The van der Waals surface area contributed by atoms with Crippen LogP contribution in [0.4, 0.5) is 4.79 Å². The van der Waals surface area contributed by atoms with Crippen LogP contribution in [0.5, 0.6) is 0 Å². The van der Waals surface area contributed by atoms with Crippen LogP contribution in [-0.4, -0.2) is 25.0 Å². The molecule has 0 saturated carbocycles. The first-order valence-corrected chi connectivity index (χ1v) is 3.62. The van der Waals surface area contributed by atoms with Crippen LogP contribution in [0.25, 0.3) is 0 Å². The van der Waals surface area contributed by atoms with Gasteiger partial charge in [0.15, 0.2) is 0 Å². The Morgan fingerprint density at radius 1 is 1.70 bits per heavy atom. The van der Waals surface area contributed by atoms with Crippen LogP contribution < -0.4 is 5.32 Å². The van der Waals surface area contributed by atoms with E-state index in [1.807, 2.05) is 0 Å². The summed E-state index contributed by atoms with van der Waals surface area (Å²) in [7, 11) is 0. The highest BCUT2D eigenvalue weighted by Gasteiger charge is 1.97. The number of hydrogen-bond donors (Lipinski definition) is 2. The Bertz CT molecular complexity index is 98.9. The van der Waals surface area contributed by atoms with Gasteiger partial charge in [-0.05, 0) is 6.92 Å². The molecular weight excluding hydrogens is 154 g/mol. The molecule has 0 aromatic rings. The van der Waals surface area contributed by atoms with E-state index in [9.17, 15) is 4.79 Å². The zero-order valence-electron chi connectivity index (χ0n) is 5.79. The topological polar surface area (TPSA) is 47.6 Å². The molecule has 0 aliphatic rings. The quantitative estimate of drug-likeness (QED) is 0.277. The summed E-state index contributed by atoms with van der Waals surface area (Å²) in [5.74, 6) is 0.527. The molecule has 0 saturated heterocycles. The van der Waals surface area contributed by atoms with Crippen molar-refractivity contribution in [3.63, 3.8) is 0 Å². The minimum Gasteiger partial charge on any atom is -0.319 e. The maximum absolute atomic E-state index is 10.4. The molecule has 10 heavy (non-hydrogen) atoms. The van der Waals surface area contributed by atoms with Crippen molar-refractivity contribution in [3.05, 3.63) is 0 Å². The molecule has 0 spiro atoms. The van der Waals surface area contributed by atoms with Crippen molar-refractivity contribution in [1.29, 1.82) is 0 Å². The molecule has 0 radical (unpaired) electrons. The second kappa shape index (κ2) is 6.70. The Morgan fingerprint density at radius 2 is 2.40 bits per heavy atom. The number of carbonyl (C=O) groups excluding carboxylic acids is 1. The lowest BCUT2D eigenvalue weighted by atomic mass is 10.8. The van der Waals surface area contributed by atoms with E-state index < -0.39 is 6.09 Å². The van der Waals surface area contributed by atoms with Gasteiger partial charge in [-0.25, -0.2) is 4.79 Å². The molecule has 0 aromatic heterocycles. The number of thiol groups is 1. The van der Waals surface area contributed by atoms with Crippen LogP contribution in [0.3, 0.4) is 0 Å².